The molecule has 2 aliphatic rings. The molecule has 5 rings (SSSR count). The molecule has 0 aromatic heterocycles. The fraction of sp³-hybridized carbons (Fsp3) is 0.0870. The summed E-state index contributed by atoms with van der Waals surface area (Å²) >= 11 is 0. The Labute approximate surface area is 155 Å². The van der Waals surface area contributed by atoms with Crippen molar-refractivity contribution < 1.29 is 19.1 Å². The van der Waals surface area contributed by atoms with Gasteiger partial charge in [0.2, 0.25) is 5.78 Å². The Morgan fingerprint density at radius 2 is 1.41 bits per heavy atom. The van der Waals surface area contributed by atoms with Crippen LogP contribution in [0.4, 0.5) is 0 Å². The number of esters is 1. The van der Waals surface area contributed by atoms with Crippen molar-refractivity contribution in [3.63, 3.8) is 0 Å². The Balaban J connectivity index is 1.77. The number of Topliss-reactive ketones (excluding diaryl/α,β-unsaturated/α-hetero) is 2. The monoisotopic (exact) mass is 354 g/mol. The lowest BCUT2D eigenvalue weighted by molar-refractivity contribution is -0.140. The molecule has 0 N–H and O–H groups in total. The minimum atomic E-state index is -0.503. The van der Waals surface area contributed by atoms with E-state index in [0.717, 1.165) is 16.3 Å². The number of hydrogen-bond acceptors (Lipinski definition) is 4. The quantitative estimate of drug-likeness (QED) is 0.615. The van der Waals surface area contributed by atoms with Crippen molar-refractivity contribution in [3.8, 4) is 0 Å². The van der Waals surface area contributed by atoms with E-state index in [0.29, 0.717) is 5.56 Å². The first-order valence-corrected chi connectivity index (χ1v) is 8.76. The average molecular weight is 354 g/mol. The number of carbonyl (C=O) groups is 3. The number of rotatable bonds is 1. The van der Waals surface area contributed by atoms with E-state index >= 15 is 0 Å². The number of hydrogen-bond donors (Lipinski definition) is 0. The molecule has 0 spiro atoms. The van der Waals surface area contributed by atoms with E-state index in [1.54, 1.807) is 24.3 Å². The van der Waals surface area contributed by atoms with Gasteiger partial charge in [0.25, 0.3) is 0 Å². The summed E-state index contributed by atoms with van der Waals surface area (Å²) in [6, 6.07) is 20.3. The second-order valence-corrected chi connectivity index (χ2v) is 6.75. The molecule has 0 saturated heterocycles. The number of fused-ring (bicyclic) bond motifs is 2. The Morgan fingerprint density at radius 1 is 0.741 bits per heavy atom. The Kier molecular flexibility index (Phi) is 3.34. The fourth-order valence-electron chi connectivity index (χ4n) is 4.03. The molecule has 3 aromatic carbocycles. The third kappa shape index (κ3) is 2.27. The van der Waals surface area contributed by atoms with Gasteiger partial charge >= 0.3 is 5.97 Å². The van der Waals surface area contributed by atoms with Crippen molar-refractivity contribution in [1.29, 1.82) is 0 Å². The normalized spacial score (nSPS) is 19.0. The van der Waals surface area contributed by atoms with Crippen LogP contribution in [0.2, 0.25) is 0 Å². The van der Waals surface area contributed by atoms with Crippen LogP contribution in [0.1, 0.15) is 38.6 Å². The molecule has 130 valence electrons. The van der Waals surface area contributed by atoms with Crippen LogP contribution >= 0.6 is 0 Å². The lowest BCUT2D eigenvalue weighted by atomic mass is 9.76. The summed E-state index contributed by atoms with van der Waals surface area (Å²) in [5, 5.41) is 1.98. The van der Waals surface area contributed by atoms with Crippen LogP contribution in [0.3, 0.4) is 0 Å². The zero-order chi connectivity index (χ0) is 18.5. The van der Waals surface area contributed by atoms with Crippen LogP contribution in [0.5, 0.6) is 0 Å². The molecule has 0 radical (unpaired) electrons. The van der Waals surface area contributed by atoms with E-state index in [4.69, 9.17) is 4.74 Å². The van der Waals surface area contributed by atoms with Crippen LogP contribution in [-0.4, -0.2) is 17.5 Å². The highest BCUT2D eigenvalue weighted by molar-refractivity contribution is 6.27. The van der Waals surface area contributed by atoms with Gasteiger partial charge in [-0.15, -0.1) is 0 Å². The first kappa shape index (κ1) is 15.7. The number of ketones is 2. The van der Waals surface area contributed by atoms with Gasteiger partial charge in [-0.2, -0.15) is 0 Å². The number of carbonyl (C=O) groups excluding carboxylic acids is 3. The van der Waals surface area contributed by atoms with Crippen molar-refractivity contribution in [2.45, 2.75) is 12.3 Å². The van der Waals surface area contributed by atoms with Gasteiger partial charge in [0.1, 0.15) is 0 Å². The van der Waals surface area contributed by atoms with Gasteiger partial charge < -0.3 is 4.74 Å². The highest BCUT2D eigenvalue weighted by Gasteiger charge is 2.43. The first-order valence-electron chi connectivity index (χ1n) is 8.76. The first-order chi connectivity index (χ1) is 13.1. The minimum absolute atomic E-state index is 0.0357. The summed E-state index contributed by atoms with van der Waals surface area (Å²) in [4.78, 5) is 38.4. The second kappa shape index (κ2) is 5.74. The van der Waals surface area contributed by atoms with Crippen LogP contribution < -0.4 is 0 Å². The predicted molar refractivity (Wildman–Crippen MR) is 99.5 cm³/mol. The number of ether oxygens (including phenoxy) is 1. The van der Waals surface area contributed by atoms with E-state index < -0.39 is 17.7 Å². The Morgan fingerprint density at radius 3 is 2.22 bits per heavy atom. The molecular weight excluding hydrogens is 340 g/mol. The van der Waals surface area contributed by atoms with E-state index in [2.05, 4.69) is 0 Å². The second-order valence-electron chi connectivity index (χ2n) is 6.75. The number of allylic oxidation sites excluding steroid dienone is 2. The summed E-state index contributed by atoms with van der Waals surface area (Å²) in [6.07, 6.45) is 0.0357. The van der Waals surface area contributed by atoms with Gasteiger partial charge in [0, 0.05) is 17.0 Å². The van der Waals surface area contributed by atoms with Gasteiger partial charge in [0.05, 0.1) is 12.0 Å². The molecule has 3 aromatic rings. The molecule has 1 aliphatic carbocycles. The third-order valence-corrected chi connectivity index (χ3v) is 5.25. The average Bonchev–Trinajstić information content (AvgIpc) is 2.71. The highest BCUT2D eigenvalue weighted by Crippen LogP contribution is 2.43. The molecular formula is C23H14O4. The lowest BCUT2D eigenvalue weighted by Crippen LogP contribution is -2.32. The highest BCUT2D eigenvalue weighted by atomic mass is 16.5. The van der Waals surface area contributed by atoms with Crippen LogP contribution in [0.25, 0.3) is 10.8 Å². The summed E-state index contributed by atoms with van der Waals surface area (Å²) in [5.74, 6) is -1.76. The standard InChI is InChI=1S/C23H14O4/c24-19-12-18(15-11-5-7-13-6-1-2-8-14(13)15)20-21(25)16-9-3-4-10-17(16)22(26)23(20)27-19/h1-11,18H,12H2/t18-/m0/s1. The molecule has 0 bridgehead atoms. The summed E-state index contributed by atoms with van der Waals surface area (Å²) < 4.78 is 5.26. The summed E-state index contributed by atoms with van der Waals surface area (Å²) in [5.41, 5.74) is 1.80. The molecule has 1 aliphatic heterocycles. The van der Waals surface area contributed by atoms with E-state index in [1.807, 2.05) is 42.5 Å². The molecule has 27 heavy (non-hydrogen) atoms. The Hall–Kier alpha value is -3.53. The van der Waals surface area contributed by atoms with E-state index in [-0.39, 0.29) is 29.1 Å². The van der Waals surface area contributed by atoms with Crippen LogP contribution in [0.15, 0.2) is 78.1 Å². The van der Waals surface area contributed by atoms with Gasteiger partial charge in [0.15, 0.2) is 11.5 Å². The largest absolute Gasteiger partial charge is 0.422 e. The lowest BCUT2D eigenvalue weighted by Gasteiger charge is -2.30. The summed E-state index contributed by atoms with van der Waals surface area (Å²) in [7, 11) is 0. The Bertz CT molecular complexity index is 1180. The van der Waals surface area contributed by atoms with Gasteiger partial charge in [-0.25, -0.2) is 0 Å². The van der Waals surface area contributed by atoms with Crippen LogP contribution in [-0.2, 0) is 9.53 Å². The maximum absolute atomic E-state index is 13.2. The maximum atomic E-state index is 13.2. The van der Waals surface area contributed by atoms with Gasteiger partial charge in [-0.05, 0) is 16.3 Å². The van der Waals surface area contributed by atoms with Gasteiger partial charge in [-0.3, -0.25) is 14.4 Å². The van der Waals surface area contributed by atoms with Crippen molar-refractivity contribution in [2.75, 3.05) is 0 Å². The zero-order valence-corrected chi connectivity index (χ0v) is 14.3. The van der Waals surface area contributed by atoms with Crippen LogP contribution in [0, 0.1) is 0 Å². The van der Waals surface area contributed by atoms with Crippen molar-refractivity contribution in [2.24, 2.45) is 0 Å². The summed E-state index contributed by atoms with van der Waals surface area (Å²) in [6.45, 7) is 0. The smallest absolute Gasteiger partial charge is 0.312 e. The maximum Gasteiger partial charge on any atom is 0.312 e. The van der Waals surface area contributed by atoms with Gasteiger partial charge in [-0.1, -0.05) is 66.7 Å². The molecule has 4 nitrogen and oxygen atoms in total. The van der Waals surface area contributed by atoms with E-state index in [9.17, 15) is 14.4 Å². The van der Waals surface area contributed by atoms with Crippen molar-refractivity contribution >= 4 is 28.3 Å². The van der Waals surface area contributed by atoms with E-state index in [1.165, 1.54) is 0 Å². The fourth-order valence-corrected chi connectivity index (χ4v) is 4.03. The zero-order valence-electron chi connectivity index (χ0n) is 14.3. The molecule has 4 heteroatoms. The SMILES string of the molecule is O=C1C[C@@H](c2cccc3ccccc23)C2=C(O1)C(=O)c1ccccc1C2=O. The van der Waals surface area contributed by atoms with Crippen molar-refractivity contribution in [1.82, 2.24) is 0 Å². The third-order valence-electron chi connectivity index (χ3n) is 5.25. The molecule has 1 atom stereocenters. The topological polar surface area (TPSA) is 60.4 Å². The molecule has 0 unspecified atom stereocenters. The molecule has 1 heterocycles. The molecule has 0 amide bonds. The minimum Gasteiger partial charge on any atom is -0.422 e. The molecule has 0 fully saturated rings. The predicted octanol–water partition coefficient (Wildman–Crippen LogP) is 4.20. The molecule has 0 saturated carbocycles. The number of benzene rings is 3. The van der Waals surface area contributed by atoms with Crippen molar-refractivity contribution in [3.05, 3.63) is 94.8 Å².